The third-order valence-electron chi connectivity index (χ3n) is 4.39. The second kappa shape index (κ2) is 8.13. The van der Waals surface area contributed by atoms with Crippen LogP contribution in [0.15, 0.2) is 11.8 Å². The highest BCUT2D eigenvalue weighted by molar-refractivity contribution is 6.58. The molecule has 0 unspecified atom stereocenters. The van der Waals surface area contributed by atoms with E-state index in [0.29, 0.717) is 0 Å². The Morgan fingerprint density at radius 2 is 1.06 bits per heavy atom. The zero-order chi connectivity index (χ0) is 12.6. The van der Waals surface area contributed by atoms with Crippen molar-refractivity contribution in [2.45, 2.75) is 58.3 Å². The second-order valence-corrected chi connectivity index (χ2v) is 8.51. The van der Waals surface area contributed by atoms with Crippen molar-refractivity contribution in [2.24, 2.45) is 0 Å². The van der Waals surface area contributed by atoms with Crippen LogP contribution < -0.4 is 0 Å². The predicted octanol–water partition coefficient (Wildman–Crippen LogP) is 3.07. The van der Waals surface area contributed by atoms with E-state index in [2.05, 4.69) is 27.8 Å². The molecule has 0 spiro atoms. The first-order valence-electron chi connectivity index (χ1n) is 8.03. The molecule has 0 N–H and O–H groups in total. The molecule has 0 aliphatic carbocycles. The van der Waals surface area contributed by atoms with Crippen LogP contribution in [0.2, 0.25) is 0 Å². The minimum Gasteiger partial charge on any atom is -0.311 e. The summed E-state index contributed by atoms with van der Waals surface area (Å²) in [6.07, 6.45) is 13.8. The molecule has 2 heterocycles. The first-order chi connectivity index (χ1) is 8.92. The molecule has 2 nitrogen and oxygen atoms in total. The number of hydrogen-bond acceptors (Lipinski definition) is 2. The fraction of sp³-hybridized carbons (Fsp3) is 0.867. The van der Waals surface area contributed by atoms with Gasteiger partial charge >= 0.3 is 0 Å². The van der Waals surface area contributed by atoms with Crippen molar-refractivity contribution in [1.82, 2.24) is 9.13 Å². The molecule has 0 atom stereocenters. The maximum absolute atomic E-state index is 2.86. The molecular weight excluding hydrogens is 236 g/mol. The maximum Gasteiger partial charge on any atom is 0.215 e. The summed E-state index contributed by atoms with van der Waals surface area (Å²) in [4.78, 5) is 0. The van der Waals surface area contributed by atoms with Crippen LogP contribution >= 0.6 is 0 Å². The average Bonchev–Trinajstić information content (AvgIpc) is 2.80. The molecule has 0 amide bonds. The van der Waals surface area contributed by atoms with Crippen molar-refractivity contribution in [3.63, 3.8) is 0 Å². The standard InChI is InChI=1S/C15H30N2Si/c1-2-15-18(16-11-7-3-4-8-12-16)17-13-9-5-6-10-14-17/h2,15,18H,3-14H2,1H3. The Kier molecular flexibility index (Phi) is 6.45. The third-order valence-corrected chi connectivity index (χ3v) is 7.65. The lowest BCUT2D eigenvalue weighted by Crippen LogP contribution is -2.52. The lowest BCUT2D eigenvalue weighted by molar-refractivity contribution is 0.361. The number of rotatable bonds is 3. The Morgan fingerprint density at radius 3 is 1.39 bits per heavy atom. The Balaban J connectivity index is 2.00. The Hall–Kier alpha value is -0.123. The van der Waals surface area contributed by atoms with E-state index >= 15 is 0 Å². The van der Waals surface area contributed by atoms with Crippen molar-refractivity contribution in [3.05, 3.63) is 11.8 Å². The van der Waals surface area contributed by atoms with Crippen LogP contribution in [-0.4, -0.2) is 44.4 Å². The van der Waals surface area contributed by atoms with Crippen molar-refractivity contribution in [3.8, 4) is 0 Å². The van der Waals surface area contributed by atoms with Gasteiger partial charge in [-0.15, -0.1) is 0 Å². The van der Waals surface area contributed by atoms with E-state index in [1.807, 2.05) is 0 Å². The minimum atomic E-state index is -0.968. The van der Waals surface area contributed by atoms with Gasteiger partial charge in [-0.1, -0.05) is 37.5 Å². The van der Waals surface area contributed by atoms with Gasteiger partial charge in [0.1, 0.15) is 0 Å². The van der Waals surface area contributed by atoms with Crippen LogP contribution in [0.4, 0.5) is 0 Å². The van der Waals surface area contributed by atoms with Gasteiger partial charge in [-0.05, 0) is 58.8 Å². The number of allylic oxidation sites excluding steroid dienone is 1. The van der Waals surface area contributed by atoms with E-state index in [9.17, 15) is 0 Å². The van der Waals surface area contributed by atoms with Crippen LogP contribution in [0.1, 0.15) is 58.3 Å². The Bertz CT molecular complexity index is 219. The largest absolute Gasteiger partial charge is 0.311 e. The summed E-state index contributed by atoms with van der Waals surface area (Å²) in [5.74, 6) is 0. The molecule has 2 rings (SSSR count). The molecule has 3 heteroatoms. The Labute approximate surface area is 115 Å². The van der Waals surface area contributed by atoms with Gasteiger partial charge in [0.25, 0.3) is 0 Å². The van der Waals surface area contributed by atoms with E-state index < -0.39 is 9.12 Å². The zero-order valence-electron chi connectivity index (χ0n) is 12.1. The summed E-state index contributed by atoms with van der Waals surface area (Å²) in [6.45, 7) is 7.64. The average molecular weight is 267 g/mol. The predicted molar refractivity (Wildman–Crippen MR) is 82.0 cm³/mol. The summed E-state index contributed by atoms with van der Waals surface area (Å²) in [7, 11) is -0.968. The molecule has 2 saturated heterocycles. The zero-order valence-corrected chi connectivity index (χ0v) is 13.3. The first kappa shape index (κ1) is 14.3. The van der Waals surface area contributed by atoms with Crippen molar-refractivity contribution in [1.29, 1.82) is 0 Å². The van der Waals surface area contributed by atoms with Crippen molar-refractivity contribution >= 4 is 9.12 Å². The van der Waals surface area contributed by atoms with Crippen molar-refractivity contribution < 1.29 is 0 Å². The number of hydrogen-bond donors (Lipinski definition) is 0. The van der Waals surface area contributed by atoms with Gasteiger partial charge in [0.15, 0.2) is 0 Å². The highest BCUT2D eigenvalue weighted by atomic mass is 28.3. The fourth-order valence-corrected chi connectivity index (χ4v) is 6.45. The highest BCUT2D eigenvalue weighted by Crippen LogP contribution is 2.17. The maximum atomic E-state index is 2.86. The van der Waals surface area contributed by atoms with Gasteiger partial charge in [-0.3, -0.25) is 0 Å². The van der Waals surface area contributed by atoms with Crippen LogP contribution in [0.3, 0.4) is 0 Å². The summed E-state index contributed by atoms with van der Waals surface area (Å²) >= 11 is 0. The topological polar surface area (TPSA) is 6.48 Å². The molecule has 0 aromatic rings. The van der Waals surface area contributed by atoms with Gasteiger partial charge in [-0.25, -0.2) is 0 Å². The highest BCUT2D eigenvalue weighted by Gasteiger charge is 2.25. The SMILES string of the molecule is CC=C[SiH](N1CCCCCC1)N1CCCCCC1. The molecule has 18 heavy (non-hydrogen) atoms. The first-order valence-corrected chi connectivity index (χ1v) is 9.72. The van der Waals surface area contributed by atoms with E-state index in [4.69, 9.17) is 0 Å². The normalized spacial score (nSPS) is 25.4. The van der Waals surface area contributed by atoms with Crippen LogP contribution in [0.25, 0.3) is 0 Å². The summed E-state index contributed by atoms with van der Waals surface area (Å²) in [5, 5.41) is 0. The molecule has 2 aliphatic rings. The fourth-order valence-electron chi connectivity index (χ4n) is 3.37. The van der Waals surface area contributed by atoms with Crippen LogP contribution in [0.5, 0.6) is 0 Å². The van der Waals surface area contributed by atoms with Crippen LogP contribution in [-0.2, 0) is 0 Å². The summed E-state index contributed by atoms with van der Waals surface area (Å²) in [6, 6.07) is 0. The van der Waals surface area contributed by atoms with E-state index in [-0.39, 0.29) is 0 Å². The van der Waals surface area contributed by atoms with E-state index in [1.165, 1.54) is 77.5 Å². The van der Waals surface area contributed by atoms with Gasteiger partial charge in [0.05, 0.1) is 0 Å². The minimum absolute atomic E-state index is 0.968. The molecule has 0 radical (unpaired) electrons. The smallest absolute Gasteiger partial charge is 0.215 e. The lowest BCUT2D eigenvalue weighted by atomic mass is 10.2. The van der Waals surface area contributed by atoms with Crippen LogP contribution in [0, 0.1) is 0 Å². The molecule has 2 aliphatic heterocycles. The molecule has 104 valence electrons. The van der Waals surface area contributed by atoms with E-state index in [1.54, 1.807) is 0 Å². The number of nitrogens with zero attached hydrogens (tertiary/aromatic N) is 2. The van der Waals surface area contributed by atoms with Gasteiger partial charge < -0.3 is 9.13 Å². The summed E-state index contributed by atoms with van der Waals surface area (Å²) in [5.41, 5.74) is 2.57. The molecular formula is C15H30N2Si. The molecule has 0 bridgehead atoms. The third kappa shape index (κ3) is 4.21. The molecule has 0 aromatic heterocycles. The van der Waals surface area contributed by atoms with Crippen molar-refractivity contribution in [2.75, 3.05) is 26.2 Å². The second-order valence-electron chi connectivity index (χ2n) is 5.84. The summed E-state index contributed by atoms with van der Waals surface area (Å²) < 4.78 is 5.72. The van der Waals surface area contributed by atoms with Gasteiger partial charge in [0.2, 0.25) is 9.12 Å². The lowest BCUT2D eigenvalue weighted by Gasteiger charge is -2.35. The molecule has 0 aromatic carbocycles. The van der Waals surface area contributed by atoms with Gasteiger partial charge in [0, 0.05) is 0 Å². The monoisotopic (exact) mass is 266 g/mol. The quantitative estimate of drug-likeness (QED) is 0.724. The Morgan fingerprint density at radius 1 is 0.667 bits per heavy atom. The van der Waals surface area contributed by atoms with E-state index in [0.717, 1.165) is 0 Å². The van der Waals surface area contributed by atoms with Gasteiger partial charge in [-0.2, -0.15) is 0 Å². The molecule has 2 fully saturated rings. The molecule has 0 saturated carbocycles.